The summed E-state index contributed by atoms with van der Waals surface area (Å²) in [4.78, 5) is 21.8. The van der Waals surface area contributed by atoms with Gasteiger partial charge < -0.3 is 28.5 Å². The van der Waals surface area contributed by atoms with Gasteiger partial charge in [0.25, 0.3) is 0 Å². The lowest BCUT2D eigenvalue weighted by molar-refractivity contribution is -0.870. The van der Waals surface area contributed by atoms with Crippen LogP contribution in [0.2, 0.25) is 6.32 Å². The Hall–Kier alpha value is -3.50. The van der Waals surface area contributed by atoms with Gasteiger partial charge in [0.2, 0.25) is 0 Å². The van der Waals surface area contributed by atoms with E-state index in [1.54, 1.807) is 0 Å². The summed E-state index contributed by atoms with van der Waals surface area (Å²) in [7, 11) is 10.7. The second-order valence-electron chi connectivity index (χ2n) is 14.3. The third-order valence-electron chi connectivity index (χ3n) is 7.75. The lowest BCUT2D eigenvalue weighted by Gasteiger charge is -2.37. The zero-order chi connectivity index (χ0) is 36.8. The van der Waals surface area contributed by atoms with E-state index in [9.17, 15) is 19.6 Å². The van der Waals surface area contributed by atoms with Gasteiger partial charge in [-0.3, -0.25) is 9.59 Å². The smallest absolute Gasteiger partial charge is 0.305 e. The molecule has 0 spiro atoms. The van der Waals surface area contributed by atoms with Gasteiger partial charge in [-0.2, -0.15) is 0 Å². The average Bonchev–Trinajstić information content (AvgIpc) is 3.04. The van der Waals surface area contributed by atoms with Gasteiger partial charge in [-0.25, -0.2) is 0 Å². The molecule has 0 saturated heterocycles. The highest BCUT2D eigenvalue weighted by molar-refractivity contribution is 6.36. The summed E-state index contributed by atoms with van der Waals surface area (Å²) in [5.41, 5.74) is 3.18. The summed E-state index contributed by atoms with van der Waals surface area (Å²) < 4.78 is 11.7. The van der Waals surface area contributed by atoms with Crippen LogP contribution in [0.4, 0.5) is 0 Å². The van der Waals surface area contributed by atoms with Gasteiger partial charge in [0, 0.05) is 18.3 Å². The maximum atomic E-state index is 11.1. The summed E-state index contributed by atoms with van der Waals surface area (Å²) in [5.74, 6) is -0.156. The Morgan fingerprint density at radius 2 is 0.939 bits per heavy atom. The number of benzene rings is 3. The quantitative estimate of drug-likeness (QED) is 0.0857. The molecular formula is C40H61BN2O6. The van der Waals surface area contributed by atoms with Crippen molar-refractivity contribution < 1.29 is 38.1 Å². The number of nitrogens with zero attached hydrogens (tertiary/aromatic N) is 2. The molecular weight excluding hydrogens is 615 g/mol. The van der Waals surface area contributed by atoms with Crippen LogP contribution in [0.15, 0.2) is 91.0 Å². The third kappa shape index (κ3) is 18.7. The van der Waals surface area contributed by atoms with E-state index in [-0.39, 0.29) is 23.7 Å². The van der Waals surface area contributed by atoms with Crippen LogP contribution >= 0.6 is 0 Å². The number of esters is 2. The van der Waals surface area contributed by atoms with Gasteiger partial charge in [0.1, 0.15) is 26.3 Å². The molecule has 0 saturated carbocycles. The number of likely N-dealkylation sites (N-methyl/N-ethyl adjacent to an activating group) is 2. The number of quaternary nitrogens is 2. The Balaban J connectivity index is 0.000000421. The monoisotopic (exact) mass is 676 g/mol. The Morgan fingerprint density at radius 3 is 1.20 bits per heavy atom. The molecule has 0 aromatic heterocycles. The predicted octanol–water partition coefficient (Wildman–Crippen LogP) is 5.08. The van der Waals surface area contributed by atoms with Crippen molar-refractivity contribution in [2.45, 2.75) is 64.1 Å². The minimum atomic E-state index is -1.76. The molecule has 0 fully saturated rings. The Kier molecular flexibility index (Phi) is 20.4. The van der Waals surface area contributed by atoms with Crippen molar-refractivity contribution >= 4 is 19.1 Å². The molecule has 0 aliphatic carbocycles. The molecule has 0 radical (unpaired) electrons. The van der Waals surface area contributed by atoms with Crippen molar-refractivity contribution in [1.82, 2.24) is 0 Å². The van der Waals surface area contributed by atoms with Gasteiger partial charge >= 0.3 is 11.9 Å². The van der Waals surface area contributed by atoms with E-state index in [1.165, 1.54) is 16.7 Å². The average molecular weight is 677 g/mol. The Bertz CT molecular complexity index is 1160. The molecule has 0 amide bonds. The minimum Gasteiger partial charge on any atom is -0.893 e. The van der Waals surface area contributed by atoms with E-state index in [1.807, 2.05) is 68.4 Å². The lowest BCUT2D eigenvalue weighted by atomic mass is 9.65. The molecule has 0 N–H and O–H groups in total. The van der Waals surface area contributed by atoms with Gasteiger partial charge in [-0.1, -0.05) is 111 Å². The molecule has 0 atom stereocenters. The summed E-state index contributed by atoms with van der Waals surface area (Å²) in [5, 5.41) is 22.1. The first-order valence-corrected chi connectivity index (χ1v) is 17.5. The third-order valence-corrected chi connectivity index (χ3v) is 7.75. The van der Waals surface area contributed by atoms with E-state index in [4.69, 9.17) is 9.47 Å². The largest absolute Gasteiger partial charge is 0.893 e. The lowest BCUT2D eigenvalue weighted by Crippen LogP contribution is -2.44. The van der Waals surface area contributed by atoms with Crippen LogP contribution in [-0.4, -0.2) is 96.6 Å². The molecule has 0 bridgehead atoms. The highest BCUT2D eigenvalue weighted by atomic mass is 16.5. The van der Waals surface area contributed by atoms with E-state index in [0.29, 0.717) is 32.5 Å². The number of hydrogen-bond donors (Lipinski definition) is 0. The van der Waals surface area contributed by atoms with Crippen LogP contribution in [0, 0.1) is 0 Å². The van der Waals surface area contributed by atoms with E-state index < -0.39 is 7.12 Å². The molecule has 49 heavy (non-hydrogen) atoms. The second-order valence-corrected chi connectivity index (χ2v) is 14.3. The van der Waals surface area contributed by atoms with Crippen molar-refractivity contribution in [3.8, 4) is 0 Å². The van der Waals surface area contributed by atoms with Crippen LogP contribution in [0.5, 0.6) is 0 Å². The molecule has 0 heterocycles. The highest BCUT2D eigenvalue weighted by Gasteiger charge is 2.35. The molecule has 8 nitrogen and oxygen atoms in total. The van der Waals surface area contributed by atoms with Crippen LogP contribution in [0.25, 0.3) is 0 Å². The molecule has 9 heteroatoms. The molecule has 0 aliphatic rings. The number of carbonyl (C=O) groups is 2. The number of rotatable bonds is 17. The Labute approximate surface area is 297 Å². The maximum absolute atomic E-state index is 11.1. The van der Waals surface area contributed by atoms with Crippen LogP contribution in [0.1, 0.15) is 69.1 Å². The first-order valence-electron chi connectivity index (χ1n) is 17.5. The van der Waals surface area contributed by atoms with Crippen molar-refractivity contribution in [1.29, 1.82) is 0 Å². The standard InChI is InChI=1S/C22H21BO2.2C9H20NO2/c24-23(25)18-10-17-22(19-11-4-1-5-12-19,20-13-6-2-7-14-20)21-15-8-3-9-16-21;2*1-5-6-9(11)12-8-7-10(2,3)4/h1-9,11-16H,10,17-18H2;2*5-8H2,1-4H3/q-2;2*+1. The molecule has 0 unspecified atom stereocenters. The fourth-order valence-electron chi connectivity index (χ4n) is 5.05. The fraction of sp³-hybridized carbons (Fsp3) is 0.500. The first kappa shape index (κ1) is 43.5. The number of hydrogen-bond acceptors (Lipinski definition) is 6. The topological polar surface area (TPSA) is 98.7 Å². The highest BCUT2D eigenvalue weighted by Crippen LogP contribution is 2.43. The maximum Gasteiger partial charge on any atom is 0.305 e. The van der Waals surface area contributed by atoms with Crippen molar-refractivity contribution in [3.63, 3.8) is 0 Å². The molecule has 3 aromatic carbocycles. The van der Waals surface area contributed by atoms with Crippen LogP contribution in [-0.2, 0) is 24.5 Å². The van der Waals surface area contributed by atoms with Crippen LogP contribution < -0.4 is 10.0 Å². The SMILES string of the molecule is CCCC(=O)OCC[N+](C)(C)C.CCCC(=O)OCC[N+](C)(C)C.[O-]B([O-])CCCC(c1ccccc1)(c1ccccc1)c1ccccc1. The van der Waals surface area contributed by atoms with E-state index >= 15 is 0 Å². The minimum absolute atomic E-state index is 0.0778. The number of carbonyl (C=O) groups excluding carboxylic acids is 2. The summed E-state index contributed by atoms with van der Waals surface area (Å²) in [6.07, 6.45) is 4.28. The van der Waals surface area contributed by atoms with Gasteiger partial charge in [-0.15, -0.1) is 13.4 Å². The fourth-order valence-corrected chi connectivity index (χ4v) is 5.05. The zero-order valence-corrected chi connectivity index (χ0v) is 31.4. The van der Waals surface area contributed by atoms with Gasteiger partial charge in [-0.05, 0) is 36.0 Å². The summed E-state index contributed by atoms with van der Waals surface area (Å²) in [6, 6.07) is 31.1. The molecule has 270 valence electrons. The van der Waals surface area contributed by atoms with Crippen molar-refractivity contribution in [3.05, 3.63) is 108 Å². The van der Waals surface area contributed by atoms with Crippen molar-refractivity contribution in [2.24, 2.45) is 0 Å². The molecule has 3 aromatic rings. The van der Waals surface area contributed by atoms with Crippen molar-refractivity contribution in [2.75, 3.05) is 68.6 Å². The van der Waals surface area contributed by atoms with E-state index in [0.717, 1.165) is 41.3 Å². The predicted molar refractivity (Wildman–Crippen MR) is 197 cm³/mol. The Morgan fingerprint density at radius 1 is 0.612 bits per heavy atom. The van der Waals surface area contributed by atoms with E-state index in [2.05, 4.69) is 78.7 Å². The first-order chi connectivity index (χ1) is 23.1. The zero-order valence-electron chi connectivity index (χ0n) is 31.4. The normalized spacial score (nSPS) is 11.3. The molecule has 3 rings (SSSR count). The second kappa shape index (κ2) is 23.0. The summed E-state index contributed by atoms with van der Waals surface area (Å²) in [6.45, 7) is 6.75. The van der Waals surface area contributed by atoms with Crippen LogP contribution in [0.3, 0.4) is 0 Å². The van der Waals surface area contributed by atoms with Gasteiger partial charge in [0.15, 0.2) is 0 Å². The molecule has 0 aliphatic heterocycles. The number of ether oxygens (including phenoxy) is 2. The summed E-state index contributed by atoms with van der Waals surface area (Å²) >= 11 is 0. The van der Waals surface area contributed by atoms with Gasteiger partial charge in [0.05, 0.1) is 42.3 Å².